The van der Waals surface area contributed by atoms with Crippen molar-refractivity contribution in [1.82, 2.24) is 9.55 Å². The molecule has 0 bridgehead atoms. The van der Waals surface area contributed by atoms with Gasteiger partial charge in [0.25, 0.3) is 0 Å². The highest BCUT2D eigenvalue weighted by molar-refractivity contribution is 7.10. The van der Waals surface area contributed by atoms with Crippen LogP contribution in [0.5, 0.6) is 0 Å². The molecule has 0 aromatic carbocycles. The van der Waals surface area contributed by atoms with Gasteiger partial charge in [-0.3, -0.25) is 0 Å². The van der Waals surface area contributed by atoms with Gasteiger partial charge in [0, 0.05) is 17.6 Å². The van der Waals surface area contributed by atoms with Gasteiger partial charge in [-0.25, -0.2) is 4.98 Å². The quantitative estimate of drug-likeness (QED) is 0.803. The number of nitrogens with one attached hydrogen (secondary N) is 1. The van der Waals surface area contributed by atoms with Gasteiger partial charge in [0.15, 0.2) is 0 Å². The first-order valence-electron chi connectivity index (χ1n) is 6.51. The Morgan fingerprint density at radius 3 is 2.89 bits per heavy atom. The van der Waals surface area contributed by atoms with Crippen LogP contribution in [0.3, 0.4) is 0 Å². The number of imidazole rings is 1. The maximum Gasteiger partial charge on any atom is 0.203 e. The number of aryl methyl sites for hydroxylation is 2. The summed E-state index contributed by atoms with van der Waals surface area (Å²) in [7, 11) is 0. The molecule has 98 valence electrons. The van der Waals surface area contributed by atoms with Crippen LogP contribution in [0.15, 0.2) is 17.6 Å². The largest absolute Gasteiger partial charge is 0.356 e. The summed E-state index contributed by atoms with van der Waals surface area (Å²) in [6.45, 7) is 8.33. The van der Waals surface area contributed by atoms with E-state index in [0.29, 0.717) is 0 Å². The Morgan fingerprint density at radius 2 is 2.22 bits per heavy atom. The van der Waals surface area contributed by atoms with Gasteiger partial charge in [0.05, 0.1) is 12.2 Å². The van der Waals surface area contributed by atoms with E-state index < -0.39 is 0 Å². The van der Waals surface area contributed by atoms with E-state index >= 15 is 0 Å². The molecule has 2 aromatic rings. The fraction of sp³-hybridized carbons (Fsp3) is 0.500. The predicted molar refractivity (Wildman–Crippen MR) is 78.5 cm³/mol. The van der Waals surface area contributed by atoms with Gasteiger partial charge in [0.2, 0.25) is 5.95 Å². The van der Waals surface area contributed by atoms with E-state index in [1.165, 1.54) is 23.3 Å². The van der Waals surface area contributed by atoms with Crippen LogP contribution in [0, 0.1) is 13.8 Å². The number of aromatic nitrogens is 2. The van der Waals surface area contributed by atoms with E-state index in [2.05, 4.69) is 46.4 Å². The number of hydrogen-bond donors (Lipinski definition) is 1. The molecule has 0 fully saturated rings. The predicted octanol–water partition coefficient (Wildman–Crippen LogP) is 3.82. The van der Waals surface area contributed by atoms with Crippen molar-refractivity contribution in [2.45, 2.75) is 40.2 Å². The molecular formula is C14H21N3S. The van der Waals surface area contributed by atoms with E-state index in [9.17, 15) is 0 Å². The molecule has 0 aliphatic carbocycles. The van der Waals surface area contributed by atoms with Gasteiger partial charge in [0.1, 0.15) is 0 Å². The molecule has 0 radical (unpaired) electrons. The molecule has 2 heterocycles. The van der Waals surface area contributed by atoms with Crippen LogP contribution in [-0.4, -0.2) is 16.1 Å². The average Bonchev–Trinajstić information content (AvgIpc) is 2.88. The van der Waals surface area contributed by atoms with E-state index in [-0.39, 0.29) is 0 Å². The van der Waals surface area contributed by atoms with E-state index in [4.69, 9.17) is 0 Å². The van der Waals surface area contributed by atoms with Gasteiger partial charge in [-0.05, 0) is 37.3 Å². The maximum atomic E-state index is 4.55. The lowest BCUT2D eigenvalue weighted by Crippen LogP contribution is -2.09. The van der Waals surface area contributed by atoms with Gasteiger partial charge >= 0.3 is 0 Å². The molecular weight excluding hydrogens is 242 g/mol. The maximum absolute atomic E-state index is 4.55. The Labute approximate surface area is 113 Å². The van der Waals surface area contributed by atoms with E-state index in [0.717, 1.165) is 24.7 Å². The van der Waals surface area contributed by atoms with Crippen molar-refractivity contribution >= 4 is 17.3 Å². The second-order valence-corrected chi connectivity index (χ2v) is 5.64. The summed E-state index contributed by atoms with van der Waals surface area (Å²) in [5.41, 5.74) is 2.44. The van der Waals surface area contributed by atoms with E-state index in [1.807, 2.05) is 18.3 Å². The molecule has 0 amide bonds. The molecule has 0 saturated carbocycles. The molecule has 0 saturated heterocycles. The van der Waals surface area contributed by atoms with Gasteiger partial charge < -0.3 is 9.88 Å². The summed E-state index contributed by atoms with van der Waals surface area (Å²) in [4.78, 5) is 5.96. The molecule has 2 rings (SSSR count). The van der Waals surface area contributed by atoms with Crippen LogP contribution in [0.4, 0.5) is 5.95 Å². The van der Waals surface area contributed by atoms with Crippen LogP contribution in [0.2, 0.25) is 0 Å². The standard InChI is InChI=1S/C14H21N3S/c1-4-5-7-15-14-16-12(3)9-17(14)10-13-11(2)6-8-18-13/h6,8-9H,4-5,7,10H2,1-3H3,(H,15,16). The van der Waals surface area contributed by atoms with Crippen LogP contribution < -0.4 is 5.32 Å². The first-order chi connectivity index (χ1) is 8.70. The molecule has 1 N–H and O–H groups in total. The minimum Gasteiger partial charge on any atom is -0.356 e. The summed E-state index contributed by atoms with van der Waals surface area (Å²) in [6.07, 6.45) is 4.51. The minimum absolute atomic E-state index is 0.915. The molecule has 0 aliphatic heterocycles. The van der Waals surface area contributed by atoms with Crippen molar-refractivity contribution < 1.29 is 0 Å². The molecule has 0 spiro atoms. The lowest BCUT2D eigenvalue weighted by molar-refractivity contribution is 0.780. The third kappa shape index (κ3) is 3.13. The molecule has 2 aromatic heterocycles. The molecule has 4 heteroatoms. The molecule has 18 heavy (non-hydrogen) atoms. The molecule has 0 atom stereocenters. The van der Waals surface area contributed by atoms with Gasteiger partial charge in [-0.1, -0.05) is 13.3 Å². The fourth-order valence-electron chi connectivity index (χ4n) is 1.91. The van der Waals surface area contributed by atoms with Crippen LogP contribution in [0.1, 0.15) is 35.9 Å². The summed E-state index contributed by atoms with van der Waals surface area (Å²) < 4.78 is 2.21. The molecule has 0 unspecified atom stereocenters. The number of hydrogen-bond acceptors (Lipinski definition) is 3. The number of rotatable bonds is 6. The van der Waals surface area contributed by atoms with Crippen molar-refractivity contribution in [3.63, 3.8) is 0 Å². The lowest BCUT2D eigenvalue weighted by Gasteiger charge is -2.09. The summed E-state index contributed by atoms with van der Waals surface area (Å²) in [5.74, 6) is 0.994. The Morgan fingerprint density at radius 1 is 1.39 bits per heavy atom. The minimum atomic E-state index is 0.915. The number of nitrogens with zero attached hydrogens (tertiary/aromatic N) is 2. The monoisotopic (exact) mass is 263 g/mol. The van der Waals surface area contributed by atoms with Crippen molar-refractivity contribution in [1.29, 1.82) is 0 Å². The SMILES string of the molecule is CCCCNc1nc(C)cn1Cc1sccc1C. The molecule has 3 nitrogen and oxygen atoms in total. The van der Waals surface area contributed by atoms with Crippen LogP contribution in [0.25, 0.3) is 0 Å². The lowest BCUT2D eigenvalue weighted by atomic mass is 10.3. The van der Waals surface area contributed by atoms with Gasteiger partial charge in [-0.2, -0.15) is 0 Å². The third-order valence-corrected chi connectivity index (χ3v) is 4.00. The zero-order chi connectivity index (χ0) is 13.0. The topological polar surface area (TPSA) is 29.9 Å². The van der Waals surface area contributed by atoms with Crippen molar-refractivity contribution in [2.24, 2.45) is 0 Å². The smallest absolute Gasteiger partial charge is 0.203 e. The first kappa shape index (κ1) is 13.1. The normalized spacial score (nSPS) is 10.8. The summed E-state index contributed by atoms with van der Waals surface area (Å²) >= 11 is 1.81. The number of anilines is 1. The second kappa shape index (κ2) is 6.05. The van der Waals surface area contributed by atoms with Crippen LogP contribution >= 0.6 is 11.3 Å². The Bertz CT molecular complexity index is 499. The van der Waals surface area contributed by atoms with Crippen LogP contribution in [-0.2, 0) is 6.54 Å². The second-order valence-electron chi connectivity index (χ2n) is 4.64. The van der Waals surface area contributed by atoms with Crippen molar-refractivity contribution in [2.75, 3.05) is 11.9 Å². The summed E-state index contributed by atoms with van der Waals surface area (Å²) in [5, 5.41) is 5.57. The third-order valence-electron chi connectivity index (χ3n) is 2.99. The van der Waals surface area contributed by atoms with Crippen molar-refractivity contribution in [3.05, 3.63) is 33.8 Å². The zero-order valence-corrected chi connectivity index (χ0v) is 12.2. The highest BCUT2D eigenvalue weighted by atomic mass is 32.1. The number of thiophene rings is 1. The highest BCUT2D eigenvalue weighted by Crippen LogP contribution is 2.19. The van der Waals surface area contributed by atoms with Crippen molar-refractivity contribution in [3.8, 4) is 0 Å². The summed E-state index contributed by atoms with van der Waals surface area (Å²) in [6, 6.07) is 2.17. The van der Waals surface area contributed by atoms with Gasteiger partial charge in [-0.15, -0.1) is 11.3 Å². The highest BCUT2D eigenvalue weighted by Gasteiger charge is 2.07. The Balaban J connectivity index is 2.09. The van der Waals surface area contributed by atoms with E-state index in [1.54, 1.807) is 0 Å². The molecule has 0 aliphatic rings. The fourth-order valence-corrected chi connectivity index (χ4v) is 2.81. The zero-order valence-electron chi connectivity index (χ0n) is 11.4. The number of unbranched alkanes of at least 4 members (excludes halogenated alkanes) is 1. The Kier molecular flexibility index (Phi) is 4.42. The average molecular weight is 263 g/mol. The Hall–Kier alpha value is -1.29. The first-order valence-corrected chi connectivity index (χ1v) is 7.39.